The molecule has 2 heterocycles. The number of hydrogen-bond acceptors (Lipinski definition) is 4. The van der Waals surface area contributed by atoms with Crippen molar-refractivity contribution in [2.45, 2.75) is 70.1 Å². The molecule has 1 aromatic rings. The first-order valence-electron chi connectivity index (χ1n) is 11.0. The molecule has 0 bridgehead atoms. The second-order valence-corrected chi connectivity index (χ2v) is 10.6. The van der Waals surface area contributed by atoms with Crippen molar-refractivity contribution in [2.24, 2.45) is 21.1 Å². The highest BCUT2D eigenvalue weighted by Crippen LogP contribution is 2.68. The van der Waals surface area contributed by atoms with E-state index < -0.39 is 23.2 Å². The predicted molar refractivity (Wildman–Crippen MR) is 108 cm³/mol. The number of fused-ring (bicyclic) bond motifs is 5. The molecule has 0 aromatic heterocycles. The molecule has 4 nitrogen and oxygen atoms in total. The van der Waals surface area contributed by atoms with E-state index in [1.165, 1.54) is 6.07 Å². The van der Waals surface area contributed by atoms with Gasteiger partial charge >= 0.3 is 6.18 Å². The Labute approximate surface area is 182 Å². The van der Waals surface area contributed by atoms with Crippen LogP contribution < -0.4 is 5.32 Å². The second kappa shape index (κ2) is 5.88. The molecule has 1 N–H and O–H groups in total. The van der Waals surface area contributed by atoms with Crippen LogP contribution in [0.1, 0.15) is 57.1 Å². The lowest BCUT2D eigenvalue weighted by molar-refractivity contribution is -0.175. The highest BCUT2D eigenvalue weighted by molar-refractivity contribution is 6.02. The largest absolute Gasteiger partial charge is 0.400 e. The molecule has 168 valence electrons. The fraction of sp³-hybridized carbons (Fsp3) is 0.542. The van der Waals surface area contributed by atoms with Crippen LogP contribution in [0.5, 0.6) is 0 Å². The summed E-state index contributed by atoms with van der Waals surface area (Å²) in [5.41, 5.74) is -0.792. The van der Waals surface area contributed by atoms with Crippen LogP contribution in [0.15, 0.2) is 51.0 Å². The van der Waals surface area contributed by atoms with Gasteiger partial charge in [0.1, 0.15) is 11.2 Å². The van der Waals surface area contributed by atoms with Crippen LogP contribution >= 0.6 is 0 Å². The van der Waals surface area contributed by atoms with E-state index in [2.05, 4.69) is 15.5 Å². The van der Waals surface area contributed by atoms with E-state index >= 15 is 0 Å². The van der Waals surface area contributed by atoms with Gasteiger partial charge in [-0.1, -0.05) is 26.0 Å². The number of ketones is 1. The molecule has 8 heteroatoms. The van der Waals surface area contributed by atoms with Gasteiger partial charge in [-0.2, -0.15) is 23.4 Å². The zero-order chi connectivity index (χ0) is 22.7. The van der Waals surface area contributed by atoms with Gasteiger partial charge in [-0.3, -0.25) is 4.79 Å². The molecule has 2 unspecified atom stereocenters. The maximum Gasteiger partial charge on any atom is 0.400 e. The monoisotopic (exact) mass is 445 g/mol. The molecule has 1 aromatic carbocycles. The summed E-state index contributed by atoms with van der Waals surface area (Å²) >= 11 is 0. The van der Waals surface area contributed by atoms with Crippen LogP contribution in [0.25, 0.3) is 0 Å². The van der Waals surface area contributed by atoms with Crippen molar-refractivity contribution in [3.05, 3.63) is 57.7 Å². The lowest BCUT2D eigenvalue weighted by Gasteiger charge is -2.47. The Bertz CT molecular complexity index is 1170. The number of alkyl halides is 3. The van der Waals surface area contributed by atoms with Crippen molar-refractivity contribution in [3.8, 4) is 0 Å². The van der Waals surface area contributed by atoms with Crippen LogP contribution in [0.4, 0.5) is 17.6 Å². The first-order valence-corrected chi connectivity index (χ1v) is 11.0. The lowest BCUT2D eigenvalue weighted by Crippen LogP contribution is -2.51. The third-order valence-electron chi connectivity index (χ3n) is 7.95. The predicted octanol–water partition coefficient (Wildman–Crippen LogP) is 5.64. The SMILES string of the molecule is CC1(C)CC(=O)C2=C(C1)NC1N=NC(C3(C(F)(F)F)CC3)=C1C21CCc2c(F)cccc21. The van der Waals surface area contributed by atoms with Gasteiger partial charge in [0.05, 0.1) is 11.1 Å². The number of rotatable bonds is 1. The Balaban J connectivity index is 1.68. The third-order valence-corrected chi connectivity index (χ3v) is 7.95. The topological polar surface area (TPSA) is 53.8 Å². The lowest BCUT2D eigenvalue weighted by atomic mass is 9.59. The van der Waals surface area contributed by atoms with Crippen LogP contribution in [-0.4, -0.2) is 18.1 Å². The fourth-order valence-electron chi connectivity index (χ4n) is 6.46. The van der Waals surface area contributed by atoms with Gasteiger partial charge in [-0.25, -0.2) is 4.39 Å². The number of hydrogen-bond donors (Lipinski definition) is 1. The maximum absolute atomic E-state index is 14.8. The Morgan fingerprint density at radius 2 is 1.88 bits per heavy atom. The molecule has 32 heavy (non-hydrogen) atoms. The van der Waals surface area contributed by atoms with Gasteiger partial charge in [0.25, 0.3) is 0 Å². The summed E-state index contributed by atoms with van der Waals surface area (Å²) in [4.78, 5) is 13.6. The highest BCUT2D eigenvalue weighted by atomic mass is 19.4. The number of carbonyl (C=O) groups is 1. The Morgan fingerprint density at radius 3 is 2.56 bits per heavy atom. The number of nitrogens with one attached hydrogen (secondary N) is 1. The van der Waals surface area contributed by atoms with E-state index in [9.17, 15) is 22.4 Å². The maximum atomic E-state index is 14.8. The quantitative estimate of drug-likeness (QED) is 0.569. The molecule has 2 atom stereocenters. The third kappa shape index (κ3) is 2.36. The number of Topliss-reactive ketones (excluding diaryl/α,β-unsaturated/α-hetero) is 1. The van der Waals surface area contributed by atoms with Crippen LogP contribution in [0, 0.1) is 16.6 Å². The first kappa shape index (κ1) is 20.1. The fourth-order valence-corrected chi connectivity index (χ4v) is 6.46. The van der Waals surface area contributed by atoms with Gasteiger partial charge in [0.2, 0.25) is 0 Å². The zero-order valence-electron chi connectivity index (χ0n) is 17.9. The number of halogens is 4. The van der Waals surface area contributed by atoms with Crippen molar-refractivity contribution in [1.29, 1.82) is 0 Å². The molecule has 5 aliphatic rings. The van der Waals surface area contributed by atoms with E-state index in [1.807, 2.05) is 13.8 Å². The molecule has 2 aliphatic heterocycles. The van der Waals surface area contributed by atoms with E-state index in [1.54, 1.807) is 12.1 Å². The van der Waals surface area contributed by atoms with Gasteiger partial charge in [0, 0.05) is 23.3 Å². The zero-order valence-corrected chi connectivity index (χ0v) is 17.9. The van der Waals surface area contributed by atoms with Crippen molar-refractivity contribution in [1.82, 2.24) is 5.32 Å². The van der Waals surface area contributed by atoms with E-state index in [4.69, 9.17) is 0 Å². The number of allylic oxidation sites excluding steroid dienone is 3. The van der Waals surface area contributed by atoms with E-state index in [-0.39, 0.29) is 35.6 Å². The summed E-state index contributed by atoms with van der Waals surface area (Å²) in [6.45, 7) is 4.00. The smallest absolute Gasteiger partial charge is 0.362 e. The molecule has 1 spiro atoms. The number of azo groups is 1. The van der Waals surface area contributed by atoms with E-state index in [0.29, 0.717) is 53.7 Å². The average molecular weight is 445 g/mol. The van der Waals surface area contributed by atoms with E-state index in [0.717, 1.165) is 0 Å². The summed E-state index contributed by atoms with van der Waals surface area (Å²) in [6, 6.07) is 4.71. The average Bonchev–Trinajstić information content (AvgIpc) is 3.27. The van der Waals surface area contributed by atoms with Crippen molar-refractivity contribution in [3.63, 3.8) is 0 Å². The minimum Gasteiger partial charge on any atom is -0.362 e. The van der Waals surface area contributed by atoms with Crippen molar-refractivity contribution < 1.29 is 22.4 Å². The minimum atomic E-state index is -4.46. The summed E-state index contributed by atoms with van der Waals surface area (Å²) < 4.78 is 57.3. The molecule has 0 saturated heterocycles. The molecule has 3 aliphatic carbocycles. The van der Waals surface area contributed by atoms with Crippen molar-refractivity contribution in [2.75, 3.05) is 0 Å². The first-order chi connectivity index (χ1) is 15.0. The molecular formula is C24H23F4N3O. The summed E-state index contributed by atoms with van der Waals surface area (Å²) in [6.07, 6.45) is -3.71. The normalized spacial score (nSPS) is 31.6. The summed E-state index contributed by atoms with van der Waals surface area (Å²) in [5.74, 6) is -0.471. The van der Waals surface area contributed by atoms with Crippen LogP contribution in [-0.2, 0) is 16.6 Å². The van der Waals surface area contributed by atoms with Crippen LogP contribution in [0.2, 0.25) is 0 Å². The molecule has 1 saturated carbocycles. The highest BCUT2D eigenvalue weighted by Gasteiger charge is 2.70. The molecular weight excluding hydrogens is 422 g/mol. The number of carbonyl (C=O) groups excluding carboxylic acids is 1. The Kier molecular flexibility index (Phi) is 3.70. The molecule has 0 radical (unpaired) electrons. The molecule has 1 fully saturated rings. The summed E-state index contributed by atoms with van der Waals surface area (Å²) in [5, 5.41) is 11.6. The number of nitrogens with zero attached hydrogens (tertiary/aromatic N) is 2. The summed E-state index contributed by atoms with van der Waals surface area (Å²) in [7, 11) is 0. The van der Waals surface area contributed by atoms with Gasteiger partial charge in [0.15, 0.2) is 11.9 Å². The van der Waals surface area contributed by atoms with Gasteiger partial charge in [-0.05, 0) is 54.7 Å². The van der Waals surface area contributed by atoms with Crippen molar-refractivity contribution >= 4 is 5.78 Å². The molecule has 6 rings (SSSR count). The Hall–Kier alpha value is -2.51. The second-order valence-electron chi connectivity index (χ2n) is 10.6. The van der Waals surface area contributed by atoms with Gasteiger partial charge < -0.3 is 5.32 Å². The standard InChI is InChI=1S/C24H23F4N3O/c1-21(2)10-15-17(16(32)11-21)23(7-6-12-13(23)4-3-5-14(12)25)18-19(30-31-20(18)29-15)22(8-9-22)24(26,27)28/h3-5,20,29H,6-11H2,1-2H3. The van der Waals surface area contributed by atoms with Gasteiger partial charge in [-0.15, -0.1) is 0 Å². The number of benzene rings is 1. The van der Waals surface area contributed by atoms with Crippen LogP contribution in [0.3, 0.4) is 0 Å². The minimum absolute atomic E-state index is 0.0416. The molecule has 0 amide bonds. The Morgan fingerprint density at radius 1 is 1.12 bits per heavy atom.